The molecule has 0 amide bonds. The van der Waals surface area contributed by atoms with Crippen LogP contribution < -0.4 is 10.6 Å². The molecule has 0 bridgehead atoms. The number of halogens is 1. The number of fused-ring (bicyclic) bond motifs is 1. The molecule has 0 saturated carbocycles. The predicted molar refractivity (Wildman–Crippen MR) is 125 cm³/mol. The molecule has 1 aliphatic rings. The highest BCUT2D eigenvalue weighted by Crippen LogP contribution is 2.36. The largest absolute Gasteiger partial charge is 0.383 e. The number of rotatable bonds is 8. The van der Waals surface area contributed by atoms with Crippen molar-refractivity contribution in [2.75, 3.05) is 26.2 Å². The molecule has 1 atom stereocenters. The molecule has 1 unspecified atom stereocenters. The zero-order valence-electron chi connectivity index (χ0n) is 17.5. The van der Waals surface area contributed by atoms with Gasteiger partial charge in [-0.2, -0.15) is 0 Å². The smallest absolute Gasteiger partial charge is 0.191 e. The normalized spacial score (nSPS) is 19.4. The fraction of sp³-hybridized carbons (Fsp3) is 0.667. The number of nitrogens with one attached hydrogen (secondary N) is 2. The Morgan fingerprint density at radius 1 is 1.19 bits per heavy atom. The van der Waals surface area contributed by atoms with Crippen molar-refractivity contribution in [3.05, 3.63) is 35.4 Å². The number of aliphatic hydroxyl groups is 1. The molecule has 0 spiro atoms. The average Bonchev–Trinajstić information content (AvgIpc) is 2.93. The van der Waals surface area contributed by atoms with Gasteiger partial charge in [-0.25, -0.2) is 4.99 Å². The van der Waals surface area contributed by atoms with E-state index in [0.717, 1.165) is 44.0 Å². The SMILES string of the molecule is CCNC(=NCC1(O)CCc2ccccc21)NCCN(C(C)C)C(C)C.I. The van der Waals surface area contributed by atoms with E-state index >= 15 is 0 Å². The summed E-state index contributed by atoms with van der Waals surface area (Å²) in [6.07, 6.45) is 1.66. The lowest BCUT2D eigenvalue weighted by Gasteiger charge is -2.30. The molecule has 0 radical (unpaired) electrons. The maximum atomic E-state index is 11.0. The third kappa shape index (κ3) is 6.61. The second kappa shape index (κ2) is 11.2. The number of nitrogens with zero attached hydrogens (tertiary/aromatic N) is 2. The minimum absolute atomic E-state index is 0. The van der Waals surface area contributed by atoms with E-state index in [1.165, 1.54) is 5.56 Å². The average molecular weight is 488 g/mol. The number of benzene rings is 1. The molecule has 154 valence electrons. The quantitative estimate of drug-likeness (QED) is 0.299. The zero-order chi connectivity index (χ0) is 19.2. The minimum atomic E-state index is -0.846. The molecule has 27 heavy (non-hydrogen) atoms. The van der Waals surface area contributed by atoms with Crippen LogP contribution in [0, 0.1) is 0 Å². The molecule has 1 aliphatic carbocycles. The predicted octanol–water partition coefficient (Wildman–Crippen LogP) is 3.11. The summed E-state index contributed by atoms with van der Waals surface area (Å²) < 4.78 is 0. The summed E-state index contributed by atoms with van der Waals surface area (Å²) in [5.74, 6) is 0.776. The Bertz CT molecular complexity index is 598. The molecule has 0 aromatic heterocycles. The van der Waals surface area contributed by atoms with Gasteiger partial charge in [0.25, 0.3) is 0 Å². The lowest BCUT2D eigenvalue weighted by molar-refractivity contribution is 0.0485. The Hall–Kier alpha value is -0.860. The molecule has 3 N–H and O–H groups in total. The van der Waals surface area contributed by atoms with Crippen molar-refractivity contribution in [1.82, 2.24) is 15.5 Å². The molecule has 1 aromatic rings. The summed E-state index contributed by atoms with van der Waals surface area (Å²) in [6.45, 7) is 14.0. The van der Waals surface area contributed by atoms with E-state index in [4.69, 9.17) is 0 Å². The molecule has 0 heterocycles. The van der Waals surface area contributed by atoms with E-state index in [0.29, 0.717) is 18.6 Å². The maximum Gasteiger partial charge on any atom is 0.191 e. The van der Waals surface area contributed by atoms with Gasteiger partial charge < -0.3 is 15.7 Å². The molecule has 5 nitrogen and oxygen atoms in total. The van der Waals surface area contributed by atoms with Gasteiger partial charge in [-0.15, -0.1) is 24.0 Å². The highest BCUT2D eigenvalue weighted by atomic mass is 127. The summed E-state index contributed by atoms with van der Waals surface area (Å²) in [7, 11) is 0. The van der Waals surface area contributed by atoms with E-state index in [-0.39, 0.29) is 24.0 Å². The highest BCUT2D eigenvalue weighted by molar-refractivity contribution is 14.0. The Labute approximate surface area is 182 Å². The molecular formula is C21H37IN4O. The lowest BCUT2D eigenvalue weighted by Crippen LogP contribution is -2.45. The van der Waals surface area contributed by atoms with Gasteiger partial charge in [0.15, 0.2) is 5.96 Å². The number of hydrogen-bond acceptors (Lipinski definition) is 3. The lowest BCUT2D eigenvalue weighted by atomic mass is 9.96. The number of guanidine groups is 1. The van der Waals surface area contributed by atoms with Gasteiger partial charge in [-0.3, -0.25) is 4.90 Å². The summed E-state index contributed by atoms with van der Waals surface area (Å²) in [6, 6.07) is 9.21. The van der Waals surface area contributed by atoms with Crippen molar-refractivity contribution in [2.24, 2.45) is 4.99 Å². The fourth-order valence-electron chi connectivity index (χ4n) is 3.80. The Balaban J connectivity index is 0.00000364. The summed E-state index contributed by atoms with van der Waals surface area (Å²) >= 11 is 0. The van der Waals surface area contributed by atoms with Crippen LogP contribution in [0.2, 0.25) is 0 Å². The van der Waals surface area contributed by atoms with Crippen molar-refractivity contribution >= 4 is 29.9 Å². The topological polar surface area (TPSA) is 59.9 Å². The summed E-state index contributed by atoms with van der Waals surface area (Å²) in [5.41, 5.74) is 1.43. The van der Waals surface area contributed by atoms with Gasteiger partial charge in [0.2, 0.25) is 0 Å². The van der Waals surface area contributed by atoms with Crippen LogP contribution in [0.5, 0.6) is 0 Å². The molecule has 0 saturated heterocycles. The van der Waals surface area contributed by atoms with E-state index in [1.54, 1.807) is 0 Å². The first-order valence-electron chi connectivity index (χ1n) is 9.96. The Kier molecular flexibility index (Phi) is 10.0. The van der Waals surface area contributed by atoms with Gasteiger partial charge >= 0.3 is 0 Å². The van der Waals surface area contributed by atoms with Gasteiger partial charge in [-0.1, -0.05) is 24.3 Å². The number of aliphatic imine (C=N–C) groups is 1. The van der Waals surface area contributed by atoms with Crippen LogP contribution in [-0.4, -0.2) is 54.2 Å². The summed E-state index contributed by atoms with van der Waals surface area (Å²) in [5, 5.41) is 17.8. The fourth-order valence-corrected chi connectivity index (χ4v) is 3.80. The first-order chi connectivity index (χ1) is 12.4. The van der Waals surface area contributed by atoms with E-state index in [9.17, 15) is 5.11 Å². The minimum Gasteiger partial charge on any atom is -0.383 e. The van der Waals surface area contributed by atoms with Crippen LogP contribution in [0.25, 0.3) is 0 Å². The van der Waals surface area contributed by atoms with Crippen molar-refractivity contribution < 1.29 is 5.11 Å². The van der Waals surface area contributed by atoms with Crippen LogP contribution in [0.3, 0.4) is 0 Å². The van der Waals surface area contributed by atoms with Crippen LogP contribution in [0.4, 0.5) is 0 Å². The molecule has 1 aromatic carbocycles. The van der Waals surface area contributed by atoms with Crippen LogP contribution >= 0.6 is 24.0 Å². The molecule has 0 aliphatic heterocycles. The van der Waals surface area contributed by atoms with Gasteiger partial charge in [0, 0.05) is 31.7 Å². The zero-order valence-corrected chi connectivity index (χ0v) is 19.8. The van der Waals surface area contributed by atoms with Crippen LogP contribution in [-0.2, 0) is 12.0 Å². The van der Waals surface area contributed by atoms with Gasteiger partial charge in [0.1, 0.15) is 5.60 Å². The van der Waals surface area contributed by atoms with E-state index in [1.807, 2.05) is 18.2 Å². The van der Waals surface area contributed by atoms with E-state index < -0.39 is 5.60 Å². The van der Waals surface area contributed by atoms with Crippen molar-refractivity contribution in [2.45, 2.75) is 65.1 Å². The second-order valence-electron chi connectivity index (χ2n) is 7.74. The van der Waals surface area contributed by atoms with Crippen LogP contribution in [0.1, 0.15) is 52.2 Å². The first kappa shape index (κ1) is 24.2. The maximum absolute atomic E-state index is 11.0. The highest BCUT2D eigenvalue weighted by Gasteiger charge is 2.36. The van der Waals surface area contributed by atoms with E-state index in [2.05, 4.69) is 61.2 Å². The van der Waals surface area contributed by atoms with Crippen LogP contribution in [0.15, 0.2) is 29.3 Å². The molecule has 6 heteroatoms. The molecular weight excluding hydrogens is 451 g/mol. The number of aryl methyl sites for hydroxylation is 1. The standard InChI is InChI=1S/C21H36N4O.HI/c1-6-22-20(23-13-14-25(16(2)3)17(4)5)24-15-21(26)12-11-18-9-7-8-10-19(18)21;/h7-10,16-17,26H,6,11-15H2,1-5H3,(H2,22,23,24);1H. The third-order valence-corrected chi connectivity index (χ3v) is 5.16. The molecule has 2 rings (SSSR count). The third-order valence-electron chi connectivity index (χ3n) is 5.16. The first-order valence-corrected chi connectivity index (χ1v) is 9.96. The molecule has 0 fully saturated rings. The van der Waals surface area contributed by atoms with Crippen molar-refractivity contribution in [1.29, 1.82) is 0 Å². The monoisotopic (exact) mass is 488 g/mol. The van der Waals surface area contributed by atoms with Crippen molar-refractivity contribution in [3.63, 3.8) is 0 Å². The Morgan fingerprint density at radius 3 is 2.48 bits per heavy atom. The summed E-state index contributed by atoms with van der Waals surface area (Å²) in [4.78, 5) is 7.13. The van der Waals surface area contributed by atoms with Crippen molar-refractivity contribution in [3.8, 4) is 0 Å². The van der Waals surface area contributed by atoms with Gasteiger partial charge in [-0.05, 0) is 58.6 Å². The van der Waals surface area contributed by atoms with Gasteiger partial charge in [0.05, 0.1) is 6.54 Å². The number of hydrogen-bond donors (Lipinski definition) is 3. The second-order valence-corrected chi connectivity index (χ2v) is 7.74. The Morgan fingerprint density at radius 2 is 1.85 bits per heavy atom.